The van der Waals surface area contributed by atoms with Crippen LogP contribution in [0.5, 0.6) is 0 Å². The van der Waals surface area contributed by atoms with Crippen LogP contribution in [0, 0.1) is 11.8 Å². The lowest BCUT2D eigenvalue weighted by molar-refractivity contribution is -0.159. The summed E-state index contributed by atoms with van der Waals surface area (Å²) < 4.78 is 13.5. The minimum Gasteiger partial charge on any atom is -0.469 e. The molecule has 2 aromatic carbocycles. The van der Waals surface area contributed by atoms with Crippen molar-refractivity contribution in [3.8, 4) is 0 Å². The molecule has 0 N–H and O–H groups in total. The Hall–Kier alpha value is -3.13. The van der Waals surface area contributed by atoms with Gasteiger partial charge in [-0.1, -0.05) is 71.0 Å². The zero-order valence-corrected chi connectivity index (χ0v) is 17.1. The third-order valence-electron chi connectivity index (χ3n) is 6.04. The topological polar surface area (TPSA) is 91.5 Å². The largest absolute Gasteiger partial charge is 0.469 e. The van der Waals surface area contributed by atoms with Gasteiger partial charge < -0.3 is 9.47 Å². The van der Waals surface area contributed by atoms with E-state index >= 15 is 0 Å². The fourth-order valence-electron chi connectivity index (χ4n) is 4.90. The number of ether oxygens (including phenoxy) is 2. The molecule has 2 aliphatic heterocycles. The Labute approximate surface area is 176 Å². The van der Waals surface area contributed by atoms with Crippen LogP contribution in [0.4, 0.5) is 0 Å². The molecule has 2 bridgehead atoms. The summed E-state index contributed by atoms with van der Waals surface area (Å²) in [6, 6.07) is 19.0. The molecular weight excluding hydrogens is 404 g/mol. The van der Waals surface area contributed by atoms with Crippen molar-refractivity contribution in [1.82, 2.24) is 10.3 Å². The van der Waals surface area contributed by atoms with Gasteiger partial charge in [0.2, 0.25) is 0 Å². The standard InChI is InChI=1S/C22H18N2O5S/c1-27-19(25)15-16(20(26)28-2)22(14-11-7-4-8-12-14)18-17(23-29-24-18)21(15,30-22)13-9-5-3-6-10-13/h3-12,15-16H,1-2H3/t15-,16-,21+,22+/m1/s1. The van der Waals surface area contributed by atoms with E-state index in [4.69, 9.17) is 14.1 Å². The van der Waals surface area contributed by atoms with Gasteiger partial charge in [-0.25, -0.2) is 4.63 Å². The quantitative estimate of drug-likeness (QED) is 0.593. The van der Waals surface area contributed by atoms with Crippen LogP contribution in [0.15, 0.2) is 65.3 Å². The second-order valence-corrected chi connectivity index (χ2v) is 8.76. The Morgan fingerprint density at radius 1 is 0.800 bits per heavy atom. The van der Waals surface area contributed by atoms with E-state index < -0.39 is 33.3 Å². The molecule has 5 rings (SSSR count). The van der Waals surface area contributed by atoms with E-state index in [1.807, 2.05) is 60.7 Å². The first-order valence-electron chi connectivity index (χ1n) is 9.41. The van der Waals surface area contributed by atoms with Crippen LogP contribution in [0.1, 0.15) is 22.5 Å². The molecule has 3 aromatic rings. The van der Waals surface area contributed by atoms with Gasteiger partial charge in [-0.15, -0.1) is 11.8 Å². The number of nitrogens with zero attached hydrogens (tertiary/aromatic N) is 2. The molecule has 0 aliphatic carbocycles. The number of carbonyl (C=O) groups excluding carboxylic acids is 2. The molecule has 7 nitrogen and oxygen atoms in total. The van der Waals surface area contributed by atoms with Crippen molar-refractivity contribution in [2.75, 3.05) is 14.2 Å². The lowest BCUT2D eigenvalue weighted by atomic mass is 9.63. The van der Waals surface area contributed by atoms with Crippen molar-refractivity contribution in [1.29, 1.82) is 0 Å². The molecule has 4 atom stereocenters. The number of hydrogen-bond donors (Lipinski definition) is 0. The highest BCUT2D eigenvalue weighted by molar-refractivity contribution is 8.02. The average Bonchev–Trinajstić information content (AvgIpc) is 3.48. The van der Waals surface area contributed by atoms with E-state index in [2.05, 4.69) is 10.3 Å². The summed E-state index contributed by atoms with van der Waals surface area (Å²) >= 11 is 1.48. The van der Waals surface area contributed by atoms with Crippen LogP contribution in [0.2, 0.25) is 0 Å². The van der Waals surface area contributed by atoms with Gasteiger partial charge >= 0.3 is 11.9 Å². The molecule has 3 heterocycles. The maximum atomic E-state index is 13.2. The molecule has 152 valence electrons. The molecule has 8 heteroatoms. The zero-order valence-electron chi connectivity index (χ0n) is 16.3. The zero-order chi connectivity index (χ0) is 20.9. The van der Waals surface area contributed by atoms with Crippen LogP contribution < -0.4 is 0 Å². The molecule has 0 amide bonds. The SMILES string of the molecule is COC(=O)[C@H]1[C@H](C(=O)OC)[C@]2(c3ccccc3)S[C@]1(c1ccccc1)c1nonc12. The fraction of sp³-hybridized carbons (Fsp3) is 0.273. The Bertz CT molecular complexity index is 1030. The molecule has 0 unspecified atom stereocenters. The van der Waals surface area contributed by atoms with Crippen molar-refractivity contribution < 1.29 is 23.7 Å². The number of rotatable bonds is 4. The summed E-state index contributed by atoms with van der Waals surface area (Å²) in [6.45, 7) is 0. The summed E-state index contributed by atoms with van der Waals surface area (Å²) in [5.74, 6) is -2.76. The van der Waals surface area contributed by atoms with Gasteiger partial charge in [-0.2, -0.15) is 0 Å². The predicted molar refractivity (Wildman–Crippen MR) is 107 cm³/mol. The summed E-state index contributed by atoms with van der Waals surface area (Å²) in [5, 5.41) is 8.44. The number of hydrogen-bond acceptors (Lipinski definition) is 8. The van der Waals surface area contributed by atoms with E-state index in [-0.39, 0.29) is 0 Å². The molecule has 1 fully saturated rings. The number of aromatic nitrogens is 2. The molecule has 1 saturated heterocycles. The van der Waals surface area contributed by atoms with Gasteiger partial charge in [0.25, 0.3) is 0 Å². The van der Waals surface area contributed by atoms with Gasteiger partial charge in [0.15, 0.2) is 0 Å². The van der Waals surface area contributed by atoms with Crippen molar-refractivity contribution >= 4 is 23.7 Å². The molecule has 0 spiro atoms. The molecule has 2 aliphatic rings. The number of fused-ring (bicyclic) bond motifs is 5. The Morgan fingerprint density at radius 3 is 1.57 bits per heavy atom. The first kappa shape index (κ1) is 18.9. The molecule has 0 saturated carbocycles. The molecule has 30 heavy (non-hydrogen) atoms. The molecule has 0 radical (unpaired) electrons. The minimum atomic E-state index is -1.00. The van der Waals surface area contributed by atoms with E-state index in [9.17, 15) is 9.59 Å². The van der Waals surface area contributed by atoms with Crippen LogP contribution in [0.3, 0.4) is 0 Å². The third-order valence-corrected chi connectivity index (χ3v) is 8.05. The van der Waals surface area contributed by atoms with Gasteiger partial charge in [0.05, 0.1) is 26.1 Å². The molecule has 1 aromatic heterocycles. The smallest absolute Gasteiger partial charge is 0.311 e. The summed E-state index contributed by atoms with van der Waals surface area (Å²) in [5.41, 5.74) is 2.73. The predicted octanol–water partition coefficient (Wildman–Crippen LogP) is 2.90. The highest BCUT2D eigenvalue weighted by Crippen LogP contribution is 2.76. The molecular formula is C22H18N2O5S. The Morgan fingerprint density at radius 2 is 1.20 bits per heavy atom. The Balaban J connectivity index is 1.89. The third kappa shape index (κ3) is 2.17. The number of thioether (sulfide) groups is 1. The van der Waals surface area contributed by atoms with Crippen molar-refractivity contribution in [2.24, 2.45) is 11.8 Å². The first-order chi connectivity index (χ1) is 14.6. The highest BCUT2D eigenvalue weighted by Gasteiger charge is 2.77. The van der Waals surface area contributed by atoms with Crippen LogP contribution >= 0.6 is 11.8 Å². The number of esters is 2. The second-order valence-electron chi connectivity index (χ2n) is 7.27. The normalized spacial score (nSPS) is 28.7. The summed E-state index contributed by atoms with van der Waals surface area (Å²) in [6.07, 6.45) is 0. The maximum absolute atomic E-state index is 13.2. The second kappa shape index (κ2) is 6.70. The van der Waals surface area contributed by atoms with Crippen LogP contribution in [-0.2, 0) is 28.6 Å². The van der Waals surface area contributed by atoms with Crippen molar-refractivity contribution in [3.05, 3.63) is 83.2 Å². The Kier molecular flexibility index (Phi) is 4.21. The monoisotopic (exact) mass is 422 g/mol. The van der Waals surface area contributed by atoms with Crippen LogP contribution in [-0.4, -0.2) is 36.5 Å². The number of benzene rings is 2. The van der Waals surface area contributed by atoms with Gasteiger partial charge in [-0.05, 0) is 11.1 Å². The lowest BCUT2D eigenvalue weighted by Crippen LogP contribution is -2.48. The average molecular weight is 422 g/mol. The highest BCUT2D eigenvalue weighted by atomic mass is 32.2. The number of methoxy groups -OCH3 is 2. The van der Waals surface area contributed by atoms with Gasteiger partial charge in [-0.3, -0.25) is 9.59 Å². The minimum absolute atomic E-state index is 0.506. The van der Waals surface area contributed by atoms with Gasteiger partial charge in [0.1, 0.15) is 20.9 Å². The maximum Gasteiger partial charge on any atom is 0.311 e. The first-order valence-corrected chi connectivity index (χ1v) is 10.2. The van der Waals surface area contributed by atoms with Gasteiger partial charge in [0, 0.05) is 0 Å². The van der Waals surface area contributed by atoms with E-state index in [0.29, 0.717) is 11.4 Å². The fourth-order valence-corrected chi connectivity index (χ4v) is 7.09. The number of carbonyl (C=O) groups is 2. The lowest BCUT2D eigenvalue weighted by Gasteiger charge is -2.36. The summed E-state index contributed by atoms with van der Waals surface area (Å²) in [4.78, 5) is 26.4. The van der Waals surface area contributed by atoms with Crippen LogP contribution in [0.25, 0.3) is 0 Å². The van der Waals surface area contributed by atoms with E-state index in [1.54, 1.807) is 0 Å². The van der Waals surface area contributed by atoms with E-state index in [1.165, 1.54) is 26.0 Å². The van der Waals surface area contributed by atoms with Crippen molar-refractivity contribution in [3.63, 3.8) is 0 Å². The van der Waals surface area contributed by atoms with E-state index in [0.717, 1.165) is 11.1 Å². The van der Waals surface area contributed by atoms with Crippen molar-refractivity contribution in [2.45, 2.75) is 9.49 Å². The summed E-state index contributed by atoms with van der Waals surface area (Å²) in [7, 11) is 2.65.